The van der Waals surface area contributed by atoms with Crippen molar-refractivity contribution in [2.75, 3.05) is 6.54 Å². The summed E-state index contributed by atoms with van der Waals surface area (Å²) in [5.41, 5.74) is 2.09. The Balaban J connectivity index is 2.21. The van der Waals surface area contributed by atoms with E-state index < -0.39 is 0 Å². The van der Waals surface area contributed by atoms with Crippen LogP contribution >= 0.6 is 27.5 Å². The van der Waals surface area contributed by atoms with Crippen molar-refractivity contribution in [2.45, 2.75) is 19.4 Å². The first kappa shape index (κ1) is 14.4. The van der Waals surface area contributed by atoms with E-state index in [1.165, 1.54) is 0 Å². The second-order valence-corrected chi connectivity index (χ2v) is 5.51. The zero-order valence-electron chi connectivity index (χ0n) is 10.6. The highest BCUT2D eigenvalue weighted by molar-refractivity contribution is 9.10. The summed E-state index contributed by atoms with van der Waals surface area (Å²) in [6.45, 7) is 2.96. The molecule has 0 aliphatic heterocycles. The molecular weight excluding hydrogens is 326 g/mol. The topological polar surface area (TPSA) is 37.8 Å². The Morgan fingerprint density at radius 2 is 2.21 bits per heavy atom. The molecule has 0 fully saturated rings. The zero-order valence-corrected chi connectivity index (χ0v) is 12.9. The van der Waals surface area contributed by atoms with Gasteiger partial charge in [-0.25, -0.2) is 9.97 Å². The molecule has 1 N–H and O–H groups in total. The fourth-order valence-corrected chi connectivity index (χ4v) is 2.69. The first-order valence-electron chi connectivity index (χ1n) is 6.14. The second-order valence-electron chi connectivity index (χ2n) is 4.18. The van der Waals surface area contributed by atoms with Crippen molar-refractivity contribution < 1.29 is 0 Å². The van der Waals surface area contributed by atoms with E-state index in [1.54, 1.807) is 12.5 Å². The molecule has 100 valence electrons. The molecule has 1 aromatic heterocycles. The molecule has 1 aromatic carbocycles. The summed E-state index contributed by atoms with van der Waals surface area (Å²) in [5, 5.41) is 4.20. The lowest BCUT2D eigenvalue weighted by atomic mass is 10.0. The Bertz CT molecular complexity index is 533. The van der Waals surface area contributed by atoms with E-state index in [1.807, 2.05) is 24.3 Å². The number of rotatable bonds is 5. The quantitative estimate of drug-likeness (QED) is 0.900. The average Bonchev–Trinajstić information content (AvgIpc) is 2.42. The van der Waals surface area contributed by atoms with E-state index in [2.05, 4.69) is 38.1 Å². The summed E-state index contributed by atoms with van der Waals surface area (Å²) >= 11 is 9.69. The highest BCUT2D eigenvalue weighted by atomic mass is 79.9. The molecule has 0 amide bonds. The van der Waals surface area contributed by atoms with E-state index in [0.717, 1.165) is 33.7 Å². The van der Waals surface area contributed by atoms with Crippen LogP contribution in [-0.4, -0.2) is 16.5 Å². The van der Waals surface area contributed by atoms with Crippen LogP contribution in [0.5, 0.6) is 0 Å². The number of halogens is 2. The Morgan fingerprint density at radius 3 is 2.84 bits per heavy atom. The Kier molecular flexibility index (Phi) is 5.31. The van der Waals surface area contributed by atoms with Gasteiger partial charge in [0, 0.05) is 15.7 Å². The number of likely N-dealkylation sites (N-methyl/N-ethyl adjacent to an activating group) is 1. The van der Waals surface area contributed by atoms with Gasteiger partial charge >= 0.3 is 0 Å². The minimum Gasteiger partial charge on any atom is -0.309 e. The van der Waals surface area contributed by atoms with Crippen molar-refractivity contribution >= 4 is 27.5 Å². The fourth-order valence-electron chi connectivity index (χ4n) is 1.94. The Morgan fingerprint density at radius 1 is 1.37 bits per heavy atom. The number of nitrogens with zero attached hydrogens (tertiary/aromatic N) is 2. The van der Waals surface area contributed by atoms with Gasteiger partial charge in [-0.05, 0) is 36.7 Å². The standard InChI is InChI=1S/C14H15BrClN3/c1-2-18-14(13-5-6-17-9-19-13)7-10-3-4-11(15)8-12(10)16/h3-6,8-9,14,18H,2,7H2,1H3. The molecule has 0 bridgehead atoms. The SMILES string of the molecule is CCNC(Cc1ccc(Br)cc1Cl)c1ccncn1. The number of hydrogen-bond acceptors (Lipinski definition) is 3. The van der Waals surface area contributed by atoms with Crippen LogP contribution in [0.3, 0.4) is 0 Å². The lowest BCUT2D eigenvalue weighted by Gasteiger charge is -2.18. The molecule has 1 atom stereocenters. The Hall–Kier alpha value is -0.970. The highest BCUT2D eigenvalue weighted by Crippen LogP contribution is 2.25. The predicted octanol–water partition coefficient (Wildman–Crippen LogP) is 3.79. The summed E-state index contributed by atoms with van der Waals surface area (Å²) in [4.78, 5) is 8.27. The molecule has 0 saturated carbocycles. The highest BCUT2D eigenvalue weighted by Gasteiger charge is 2.14. The maximum Gasteiger partial charge on any atom is 0.115 e. The van der Waals surface area contributed by atoms with Gasteiger partial charge in [0.05, 0.1) is 11.7 Å². The molecule has 2 aromatic rings. The lowest BCUT2D eigenvalue weighted by molar-refractivity contribution is 0.535. The molecule has 1 heterocycles. The van der Waals surface area contributed by atoms with Crippen LogP contribution in [0.25, 0.3) is 0 Å². The van der Waals surface area contributed by atoms with Gasteiger partial charge in [0.15, 0.2) is 0 Å². The summed E-state index contributed by atoms with van der Waals surface area (Å²) in [6, 6.07) is 8.04. The molecule has 0 aliphatic rings. The second kappa shape index (κ2) is 6.98. The van der Waals surface area contributed by atoms with Gasteiger partial charge in [0.25, 0.3) is 0 Å². The zero-order chi connectivity index (χ0) is 13.7. The number of aromatic nitrogens is 2. The summed E-state index contributed by atoms with van der Waals surface area (Å²) in [7, 11) is 0. The van der Waals surface area contributed by atoms with E-state index in [-0.39, 0.29) is 6.04 Å². The molecule has 0 aliphatic carbocycles. The van der Waals surface area contributed by atoms with E-state index >= 15 is 0 Å². The van der Waals surface area contributed by atoms with Crippen LogP contribution in [0.15, 0.2) is 41.3 Å². The van der Waals surface area contributed by atoms with Crippen LogP contribution in [0.2, 0.25) is 5.02 Å². The van der Waals surface area contributed by atoms with E-state index in [0.29, 0.717) is 0 Å². The van der Waals surface area contributed by atoms with Crippen molar-refractivity contribution in [3.63, 3.8) is 0 Å². The van der Waals surface area contributed by atoms with Gasteiger partial charge in [-0.2, -0.15) is 0 Å². The first-order valence-corrected chi connectivity index (χ1v) is 7.31. The van der Waals surface area contributed by atoms with Crippen molar-refractivity contribution in [3.8, 4) is 0 Å². The normalized spacial score (nSPS) is 12.4. The van der Waals surface area contributed by atoms with Crippen molar-refractivity contribution in [1.29, 1.82) is 0 Å². The van der Waals surface area contributed by atoms with Crippen LogP contribution in [0.4, 0.5) is 0 Å². The molecule has 2 rings (SSSR count). The van der Waals surface area contributed by atoms with Gasteiger partial charge in [0.2, 0.25) is 0 Å². The van der Waals surface area contributed by atoms with Crippen LogP contribution in [-0.2, 0) is 6.42 Å². The third kappa shape index (κ3) is 4.00. The van der Waals surface area contributed by atoms with E-state index in [9.17, 15) is 0 Å². The summed E-state index contributed by atoms with van der Waals surface area (Å²) in [6.07, 6.45) is 4.13. The maximum atomic E-state index is 6.27. The van der Waals surface area contributed by atoms with Crippen molar-refractivity contribution in [1.82, 2.24) is 15.3 Å². The Labute approximate surface area is 126 Å². The number of nitrogens with one attached hydrogen (secondary N) is 1. The minimum atomic E-state index is 0.145. The van der Waals surface area contributed by atoms with Gasteiger partial charge in [-0.15, -0.1) is 0 Å². The first-order chi connectivity index (χ1) is 9.20. The van der Waals surface area contributed by atoms with Crippen LogP contribution in [0.1, 0.15) is 24.2 Å². The van der Waals surface area contributed by atoms with Gasteiger partial charge in [0.1, 0.15) is 6.33 Å². The predicted molar refractivity (Wildman–Crippen MR) is 81.3 cm³/mol. The molecule has 1 unspecified atom stereocenters. The van der Waals surface area contributed by atoms with Gasteiger partial charge in [-0.1, -0.05) is 40.5 Å². The fraction of sp³-hybridized carbons (Fsp3) is 0.286. The summed E-state index contributed by atoms with van der Waals surface area (Å²) < 4.78 is 0.989. The molecule has 5 heteroatoms. The van der Waals surface area contributed by atoms with Gasteiger partial charge < -0.3 is 5.32 Å². The molecule has 3 nitrogen and oxygen atoms in total. The summed E-state index contributed by atoms with van der Waals surface area (Å²) in [5.74, 6) is 0. The molecule has 0 radical (unpaired) electrons. The van der Waals surface area contributed by atoms with Crippen LogP contribution < -0.4 is 5.32 Å². The third-order valence-electron chi connectivity index (χ3n) is 2.85. The van der Waals surface area contributed by atoms with Crippen molar-refractivity contribution in [2.24, 2.45) is 0 Å². The minimum absolute atomic E-state index is 0.145. The molecule has 0 spiro atoms. The smallest absolute Gasteiger partial charge is 0.115 e. The lowest BCUT2D eigenvalue weighted by Crippen LogP contribution is -2.24. The number of hydrogen-bond donors (Lipinski definition) is 1. The molecule has 0 saturated heterocycles. The average molecular weight is 341 g/mol. The largest absolute Gasteiger partial charge is 0.309 e. The van der Waals surface area contributed by atoms with Crippen molar-refractivity contribution in [3.05, 3.63) is 57.5 Å². The van der Waals surface area contributed by atoms with E-state index in [4.69, 9.17) is 11.6 Å². The monoisotopic (exact) mass is 339 g/mol. The van der Waals surface area contributed by atoms with Gasteiger partial charge in [-0.3, -0.25) is 0 Å². The molecule has 19 heavy (non-hydrogen) atoms. The molecular formula is C14H15BrClN3. The van der Waals surface area contributed by atoms with Crippen LogP contribution in [0, 0.1) is 0 Å². The third-order valence-corrected chi connectivity index (χ3v) is 3.70. The number of benzene rings is 1. The maximum absolute atomic E-state index is 6.27.